The van der Waals surface area contributed by atoms with Gasteiger partial charge in [0.15, 0.2) is 5.65 Å². The van der Waals surface area contributed by atoms with E-state index in [2.05, 4.69) is 33.1 Å². The maximum Gasteiger partial charge on any atom is 0.439 e. The molecule has 0 aromatic carbocycles. The fourth-order valence-corrected chi connectivity index (χ4v) is 6.89. The molecule has 1 saturated carbocycles. The molecule has 2 unspecified atom stereocenters. The zero-order valence-electron chi connectivity index (χ0n) is 23.8. The first-order valence-electron chi connectivity index (χ1n) is 14.8. The minimum Gasteiger partial charge on any atom is -0.381 e. The standard InChI is InChI=1S/C30H38ClN7O3/c1-4-6-21(15-19(3)31)24-25-26(33-27(32-24)28-35-30(39)41-36-28)34-29(38(25)16-20-10-8-18(2)9-11-20)37-13-5-7-22-17-40-14-12-23(22)37/h4,6,15,18,20,22-23H,3,5,7-14,16-17H2,1-2H3,(H,35,36,39)/b6-4-,21-15+. The predicted molar refractivity (Wildman–Crippen MR) is 160 cm³/mol. The molecule has 0 bridgehead atoms. The van der Waals surface area contributed by atoms with Crippen molar-refractivity contribution in [1.82, 2.24) is 29.7 Å². The quantitative estimate of drug-likeness (QED) is 0.354. The van der Waals surface area contributed by atoms with Gasteiger partial charge in [0.05, 0.1) is 6.61 Å². The van der Waals surface area contributed by atoms with E-state index >= 15 is 0 Å². The van der Waals surface area contributed by atoms with E-state index < -0.39 is 5.76 Å². The molecule has 10 nitrogen and oxygen atoms in total. The Kier molecular flexibility index (Phi) is 8.12. The number of allylic oxidation sites excluding steroid dienone is 5. The summed E-state index contributed by atoms with van der Waals surface area (Å²) in [5, 5.41) is 4.25. The summed E-state index contributed by atoms with van der Waals surface area (Å²) in [6, 6.07) is 0.371. The number of anilines is 1. The van der Waals surface area contributed by atoms with E-state index in [0.717, 1.165) is 62.1 Å². The molecule has 5 heterocycles. The van der Waals surface area contributed by atoms with Crippen LogP contribution in [-0.2, 0) is 11.3 Å². The van der Waals surface area contributed by atoms with Crippen LogP contribution in [0.1, 0.15) is 64.5 Å². The second-order valence-electron chi connectivity index (χ2n) is 11.7. The van der Waals surface area contributed by atoms with Crippen molar-refractivity contribution < 1.29 is 9.26 Å². The van der Waals surface area contributed by atoms with E-state index in [1.807, 2.05) is 19.1 Å². The minimum atomic E-state index is -0.666. The number of hydrogen-bond donors (Lipinski definition) is 1. The van der Waals surface area contributed by atoms with Crippen molar-refractivity contribution in [2.75, 3.05) is 24.7 Å². The van der Waals surface area contributed by atoms with Gasteiger partial charge in [-0.1, -0.05) is 55.3 Å². The summed E-state index contributed by atoms with van der Waals surface area (Å²) in [7, 11) is 0. The van der Waals surface area contributed by atoms with Gasteiger partial charge in [0, 0.05) is 42.3 Å². The highest BCUT2D eigenvalue weighted by atomic mass is 35.5. The maximum absolute atomic E-state index is 11.8. The number of ether oxygens (including phenoxy) is 1. The number of aromatic nitrogens is 6. The van der Waals surface area contributed by atoms with Gasteiger partial charge in [0.1, 0.15) is 11.2 Å². The third kappa shape index (κ3) is 5.77. The molecule has 3 aromatic heterocycles. The highest BCUT2D eigenvalue weighted by Crippen LogP contribution is 2.38. The molecule has 3 aromatic rings. The van der Waals surface area contributed by atoms with Gasteiger partial charge >= 0.3 is 5.76 Å². The van der Waals surface area contributed by atoms with Gasteiger partial charge in [0.2, 0.25) is 17.6 Å². The average molecular weight is 580 g/mol. The van der Waals surface area contributed by atoms with Gasteiger partial charge in [-0.25, -0.2) is 14.8 Å². The van der Waals surface area contributed by atoms with Gasteiger partial charge in [0.25, 0.3) is 0 Å². The molecule has 0 radical (unpaired) electrons. The summed E-state index contributed by atoms with van der Waals surface area (Å²) >= 11 is 6.32. The lowest BCUT2D eigenvalue weighted by atomic mass is 9.83. The normalized spacial score (nSPS) is 25.6. The van der Waals surface area contributed by atoms with Crippen LogP contribution in [0.25, 0.3) is 28.4 Å². The number of fused-ring (bicyclic) bond motifs is 2. The monoisotopic (exact) mass is 579 g/mol. The molecule has 1 aliphatic carbocycles. The molecule has 1 N–H and O–H groups in total. The Morgan fingerprint density at radius 3 is 2.73 bits per heavy atom. The number of hydrogen-bond acceptors (Lipinski definition) is 8. The molecule has 41 heavy (non-hydrogen) atoms. The Hall–Kier alpha value is -3.24. The SMILES string of the molecule is C=C(Cl)/C=C(\C=C/C)c1nc(-c2noc(=O)[nH]2)nc2nc(N3CCCC4COCCC43)n(CC3CCC(C)CC3)c12. The predicted octanol–water partition coefficient (Wildman–Crippen LogP) is 5.71. The first kappa shape index (κ1) is 27.9. The summed E-state index contributed by atoms with van der Waals surface area (Å²) in [5.74, 6) is 2.44. The average Bonchev–Trinajstić information content (AvgIpc) is 3.56. The van der Waals surface area contributed by atoms with Crippen LogP contribution < -0.4 is 10.7 Å². The number of nitrogens with one attached hydrogen (secondary N) is 1. The number of piperidine rings is 1. The summed E-state index contributed by atoms with van der Waals surface area (Å²) < 4.78 is 13.0. The van der Waals surface area contributed by atoms with E-state index in [9.17, 15) is 4.79 Å². The second-order valence-corrected chi connectivity index (χ2v) is 12.2. The van der Waals surface area contributed by atoms with E-state index in [0.29, 0.717) is 34.3 Å². The molecule has 2 saturated heterocycles. The van der Waals surface area contributed by atoms with Crippen LogP contribution in [0.2, 0.25) is 0 Å². The highest BCUT2D eigenvalue weighted by Gasteiger charge is 2.37. The van der Waals surface area contributed by atoms with Crippen molar-refractivity contribution in [3.63, 3.8) is 0 Å². The third-order valence-electron chi connectivity index (χ3n) is 8.81. The van der Waals surface area contributed by atoms with E-state index in [4.69, 9.17) is 35.8 Å². The van der Waals surface area contributed by atoms with Crippen LogP contribution in [0.15, 0.2) is 39.2 Å². The Balaban J connectivity index is 1.58. The number of halogens is 1. The van der Waals surface area contributed by atoms with Gasteiger partial charge < -0.3 is 14.2 Å². The number of rotatable bonds is 7. The zero-order chi connectivity index (χ0) is 28.5. The summed E-state index contributed by atoms with van der Waals surface area (Å²) in [6.07, 6.45) is 13.8. The number of nitrogens with zero attached hydrogens (tertiary/aromatic N) is 6. The third-order valence-corrected chi connectivity index (χ3v) is 8.92. The van der Waals surface area contributed by atoms with Crippen LogP contribution in [-0.4, -0.2) is 55.5 Å². The van der Waals surface area contributed by atoms with Crippen molar-refractivity contribution in [3.8, 4) is 11.6 Å². The smallest absolute Gasteiger partial charge is 0.381 e. The fourth-order valence-electron chi connectivity index (χ4n) is 6.77. The van der Waals surface area contributed by atoms with Crippen LogP contribution in [0, 0.1) is 17.8 Å². The largest absolute Gasteiger partial charge is 0.439 e. The zero-order valence-corrected chi connectivity index (χ0v) is 24.6. The van der Waals surface area contributed by atoms with Gasteiger partial charge in [-0.05, 0) is 56.9 Å². The van der Waals surface area contributed by atoms with Crippen LogP contribution in [0.5, 0.6) is 0 Å². The van der Waals surface area contributed by atoms with Crippen molar-refractivity contribution >= 4 is 34.3 Å². The van der Waals surface area contributed by atoms with Crippen LogP contribution in [0.3, 0.4) is 0 Å². The molecule has 11 heteroatoms. The summed E-state index contributed by atoms with van der Waals surface area (Å²) in [5.41, 5.74) is 2.85. The fraction of sp³-hybridized carbons (Fsp3) is 0.567. The van der Waals surface area contributed by atoms with Crippen molar-refractivity contribution in [2.45, 2.75) is 71.4 Å². The lowest BCUT2D eigenvalue weighted by Gasteiger charge is -2.44. The lowest BCUT2D eigenvalue weighted by molar-refractivity contribution is 0.0278. The Morgan fingerprint density at radius 2 is 2.00 bits per heavy atom. The molecule has 3 fully saturated rings. The molecule has 2 atom stereocenters. The van der Waals surface area contributed by atoms with Crippen molar-refractivity contribution in [3.05, 3.63) is 46.1 Å². The molecule has 0 amide bonds. The van der Waals surface area contributed by atoms with Crippen LogP contribution in [0.4, 0.5) is 5.95 Å². The second kappa shape index (κ2) is 11.9. The van der Waals surface area contributed by atoms with E-state index in [1.165, 1.54) is 32.1 Å². The Bertz CT molecular complexity index is 1530. The highest BCUT2D eigenvalue weighted by molar-refractivity contribution is 6.31. The minimum absolute atomic E-state index is 0.155. The maximum atomic E-state index is 11.8. The Morgan fingerprint density at radius 1 is 1.17 bits per heavy atom. The molecular formula is C30H38ClN7O3. The van der Waals surface area contributed by atoms with Crippen molar-refractivity contribution in [2.24, 2.45) is 17.8 Å². The summed E-state index contributed by atoms with van der Waals surface area (Å²) in [4.78, 5) is 31.9. The van der Waals surface area contributed by atoms with E-state index in [1.54, 1.807) is 6.08 Å². The Labute approximate surface area is 244 Å². The van der Waals surface area contributed by atoms with Crippen molar-refractivity contribution in [1.29, 1.82) is 0 Å². The molecule has 6 rings (SSSR count). The molecular weight excluding hydrogens is 542 g/mol. The summed E-state index contributed by atoms with van der Waals surface area (Å²) in [6.45, 7) is 11.5. The van der Waals surface area contributed by atoms with Gasteiger partial charge in [-0.2, -0.15) is 4.98 Å². The molecule has 0 spiro atoms. The van der Waals surface area contributed by atoms with Gasteiger partial charge in [-0.15, -0.1) is 0 Å². The molecule has 218 valence electrons. The first-order chi connectivity index (χ1) is 19.9. The topological polar surface area (TPSA) is 115 Å². The number of H-pyrrole nitrogens is 1. The molecule has 3 aliphatic rings. The lowest BCUT2D eigenvalue weighted by Crippen LogP contribution is -2.50. The number of imidazole rings is 1. The van der Waals surface area contributed by atoms with E-state index in [-0.39, 0.29) is 11.6 Å². The van der Waals surface area contributed by atoms with Crippen LogP contribution >= 0.6 is 11.6 Å². The molecule has 2 aliphatic heterocycles. The first-order valence-corrected chi connectivity index (χ1v) is 15.2. The van der Waals surface area contributed by atoms with Gasteiger partial charge in [-0.3, -0.25) is 9.51 Å². The number of aromatic amines is 1.